The molecule has 2 amide bonds. The van der Waals surface area contributed by atoms with Gasteiger partial charge < -0.3 is 15.1 Å². The number of hydrogen-bond donors (Lipinski definition) is 2. The molecule has 34 heavy (non-hydrogen) atoms. The maximum Gasteiger partial charge on any atom is 0.302 e. The summed E-state index contributed by atoms with van der Waals surface area (Å²) in [6.45, 7) is 4.52. The highest BCUT2D eigenvalue weighted by Crippen LogP contribution is 2.34. The molecule has 0 spiro atoms. The van der Waals surface area contributed by atoms with Gasteiger partial charge in [-0.2, -0.15) is 10.1 Å². The van der Waals surface area contributed by atoms with E-state index in [9.17, 15) is 14.0 Å². The zero-order chi connectivity index (χ0) is 24.0. The molecular formula is C22H19ClFN7O3. The van der Waals surface area contributed by atoms with E-state index < -0.39 is 11.7 Å². The second kappa shape index (κ2) is 8.41. The Morgan fingerprint density at radius 2 is 2.21 bits per heavy atom. The molecule has 3 aromatic heterocycles. The molecule has 1 saturated heterocycles. The number of nitrogen functional groups attached to an aromatic ring is 1. The molecule has 4 aromatic rings. The van der Waals surface area contributed by atoms with Crippen molar-refractivity contribution >= 4 is 57.3 Å². The number of benzene rings is 1. The van der Waals surface area contributed by atoms with Crippen LogP contribution in [0, 0.1) is 5.82 Å². The molecule has 12 heteroatoms. The van der Waals surface area contributed by atoms with Crippen molar-refractivity contribution in [2.75, 3.05) is 24.1 Å². The van der Waals surface area contributed by atoms with E-state index in [1.54, 1.807) is 9.58 Å². The van der Waals surface area contributed by atoms with Crippen LogP contribution in [0.3, 0.4) is 0 Å². The average molecular weight is 484 g/mol. The first kappa shape index (κ1) is 21.8. The molecule has 0 unspecified atom stereocenters. The quantitative estimate of drug-likeness (QED) is 0.424. The number of carbonyl (C=O) groups excluding carboxylic acids is 2. The second-order valence-corrected chi connectivity index (χ2v) is 8.28. The lowest BCUT2D eigenvalue weighted by atomic mass is 10.1. The normalized spacial score (nSPS) is 16.2. The van der Waals surface area contributed by atoms with Gasteiger partial charge in [-0.3, -0.25) is 19.6 Å². The fraction of sp³-hybridized carbons (Fsp3) is 0.227. The van der Waals surface area contributed by atoms with Crippen LogP contribution in [0.4, 0.5) is 16.2 Å². The molecule has 0 radical (unpaired) electrons. The number of rotatable bonds is 4. The number of nitrogens with zero attached hydrogens (tertiary/aromatic N) is 5. The van der Waals surface area contributed by atoms with Gasteiger partial charge in [0, 0.05) is 19.2 Å². The second-order valence-electron chi connectivity index (χ2n) is 7.88. The standard InChI is InChI=1S/C22H19ClFN7O3/c1-2-16(32)30-7-3-4-12(10-30)31-19-13(23)9-26-20(25)17(19)18(29-31)21(33)28-22-27-14-8-11(24)5-6-15(14)34-22/h2,5-6,8-9,12H,1,3-4,7,10H2,(H2,25,26)(H,27,28,33)/t12-/m1/s1. The molecule has 174 valence electrons. The van der Waals surface area contributed by atoms with Crippen molar-refractivity contribution < 1.29 is 18.4 Å². The number of piperidine rings is 1. The Bertz CT molecular complexity index is 1460. The lowest BCUT2D eigenvalue weighted by Gasteiger charge is -2.32. The fourth-order valence-corrected chi connectivity index (χ4v) is 4.40. The number of amides is 2. The topological polar surface area (TPSA) is 132 Å². The molecule has 0 bridgehead atoms. The van der Waals surface area contributed by atoms with E-state index in [-0.39, 0.29) is 45.4 Å². The minimum Gasteiger partial charge on any atom is -0.423 e. The first-order chi connectivity index (χ1) is 16.4. The molecule has 1 aromatic carbocycles. The van der Waals surface area contributed by atoms with E-state index in [2.05, 4.69) is 27.0 Å². The SMILES string of the molecule is C=CC(=O)N1CCC[C@@H](n2nc(C(=O)Nc3nc4cc(F)ccc4o3)c3c(N)ncc(Cl)c32)C1. The fourth-order valence-electron chi connectivity index (χ4n) is 4.17. The van der Waals surface area contributed by atoms with Gasteiger partial charge in [0.05, 0.1) is 28.2 Å². The van der Waals surface area contributed by atoms with Crippen molar-refractivity contribution in [1.82, 2.24) is 24.6 Å². The van der Waals surface area contributed by atoms with Gasteiger partial charge in [0.25, 0.3) is 5.91 Å². The predicted octanol–water partition coefficient (Wildman–Crippen LogP) is 3.55. The lowest BCUT2D eigenvalue weighted by molar-refractivity contribution is -0.127. The number of carbonyl (C=O) groups is 2. The number of halogens is 2. The summed E-state index contributed by atoms with van der Waals surface area (Å²) in [7, 11) is 0. The van der Waals surface area contributed by atoms with Crippen LogP contribution >= 0.6 is 11.6 Å². The zero-order valence-electron chi connectivity index (χ0n) is 17.8. The van der Waals surface area contributed by atoms with Gasteiger partial charge in [-0.05, 0) is 31.1 Å². The van der Waals surface area contributed by atoms with Gasteiger partial charge >= 0.3 is 6.01 Å². The van der Waals surface area contributed by atoms with E-state index in [0.717, 1.165) is 6.42 Å². The minimum atomic E-state index is -0.652. The maximum atomic E-state index is 13.5. The Balaban J connectivity index is 1.54. The molecule has 1 atom stereocenters. The number of pyridine rings is 1. The van der Waals surface area contributed by atoms with Gasteiger partial charge in [-0.1, -0.05) is 18.2 Å². The van der Waals surface area contributed by atoms with E-state index in [1.807, 2.05) is 0 Å². The minimum absolute atomic E-state index is 0.0249. The summed E-state index contributed by atoms with van der Waals surface area (Å²) in [6.07, 6.45) is 4.12. The van der Waals surface area contributed by atoms with Crippen LogP contribution in [0.5, 0.6) is 0 Å². The van der Waals surface area contributed by atoms with Gasteiger partial charge in [-0.15, -0.1) is 0 Å². The first-order valence-electron chi connectivity index (χ1n) is 10.5. The van der Waals surface area contributed by atoms with Gasteiger partial charge in [0.2, 0.25) is 5.91 Å². The number of fused-ring (bicyclic) bond motifs is 2. The molecule has 0 aliphatic carbocycles. The van der Waals surface area contributed by atoms with Crippen LogP contribution in [-0.2, 0) is 4.79 Å². The summed E-state index contributed by atoms with van der Waals surface area (Å²) in [5.41, 5.74) is 7.09. The molecule has 4 heterocycles. The van der Waals surface area contributed by atoms with Crippen molar-refractivity contribution in [3.05, 3.63) is 53.6 Å². The number of hydrogen-bond acceptors (Lipinski definition) is 7. The number of nitrogens with one attached hydrogen (secondary N) is 1. The molecule has 1 aliphatic heterocycles. The summed E-state index contributed by atoms with van der Waals surface area (Å²) in [6, 6.07) is 3.47. The van der Waals surface area contributed by atoms with E-state index >= 15 is 0 Å². The van der Waals surface area contributed by atoms with Crippen LogP contribution in [-0.4, -0.2) is 49.6 Å². The third-order valence-electron chi connectivity index (χ3n) is 5.72. The highest BCUT2D eigenvalue weighted by Gasteiger charge is 2.30. The summed E-state index contributed by atoms with van der Waals surface area (Å²) < 4.78 is 20.6. The molecular weight excluding hydrogens is 465 g/mol. The predicted molar refractivity (Wildman–Crippen MR) is 124 cm³/mol. The summed E-state index contributed by atoms with van der Waals surface area (Å²) >= 11 is 6.45. The van der Waals surface area contributed by atoms with Crippen LogP contribution in [0.15, 0.2) is 41.5 Å². The number of oxazole rings is 1. The van der Waals surface area contributed by atoms with Crippen molar-refractivity contribution in [2.45, 2.75) is 18.9 Å². The van der Waals surface area contributed by atoms with Crippen LogP contribution < -0.4 is 11.1 Å². The Kier molecular flexibility index (Phi) is 5.40. The highest BCUT2D eigenvalue weighted by atomic mass is 35.5. The van der Waals surface area contributed by atoms with Crippen LogP contribution in [0.25, 0.3) is 22.0 Å². The molecule has 1 aliphatic rings. The third kappa shape index (κ3) is 3.73. The zero-order valence-corrected chi connectivity index (χ0v) is 18.5. The van der Waals surface area contributed by atoms with Crippen LogP contribution in [0.2, 0.25) is 5.02 Å². The molecule has 0 saturated carbocycles. The molecule has 1 fully saturated rings. The lowest BCUT2D eigenvalue weighted by Crippen LogP contribution is -2.40. The number of nitrogens with two attached hydrogens (primary N) is 1. The van der Waals surface area contributed by atoms with Crippen molar-refractivity contribution in [3.63, 3.8) is 0 Å². The number of aromatic nitrogens is 4. The smallest absolute Gasteiger partial charge is 0.302 e. The maximum absolute atomic E-state index is 13.5. The third-order valence-corrected chi connectivity index (χ3v) is 6.00. The Hall–Kier alpha value is -3.99. The highest BCUT2D eigenvalue weighted by molar-refractivity contribution is 6.36. The molecule has 3 N–H and O–H groups in total. The first-order valence-corrected chi connectivity index (χ1v) is 10.8. The largest absolute Gasteiger partial charge is 0.423 e. The Morgan fingerprint density at radius 1 is 1.38 bits per heavy atom. The Labute approximate surface area is 197 Å². The van der Waals surface area contributed by atoms with Gasteiger partial charge in [-0.25, -0.2) is 9.37 Å². The Morgan fingerprint density at radius 3 is 3.00 bits per heavy atom. The summed E-state index contributed by atoms with van der Waals surface area (Å²) in [5.74, 6) is -1.24. The van der Waals surface area contributed by atoms with E-state index in [1.165, 1.54) is 30.5 Å². The van der Waals surface area contributed by atoms with E-state index in [4.69, 9.17) is 21.8 Å². The van der Waals surface area contributed by atoms with Crippen molar-refractivity contribution in [2.24, 2.45) is 0 Å². The summed E-state index contributed by atoms with van der Waals surface area (Å²) in [5, 5.41) is 7.61. The molecule has 10 nitrogen and oxygen atoms in total. The number of anilines is 2. The van der Waals surface area contributed by atoms with Crippen molar-refractivity contribution in [1.29, 1.82) is 0 Å². The summed E-state index contributed by atoms with van der Waals surface area (Å²) in [4.78, 5) is 35.2. The van der Waals surface area contributed by atoms with E-state index in [0.29, 0.717) is 30.6 Å². The monoisotopic (exact) mass is 483 g/mol. The average Bonchev–Trinajstić information content (AvgIpc) is 3.43. The van der Waals surface area contributed by atoms with Gasteiger partial charge in [0.15, 0.2) is 11.3 Å². The van der Waals surface area contributed by atoms with Crippen LogP contribution in [0.1, 0.15) is 29.4 Å². The van der Waals surface area contributed by atoms with Crippen molar-refractivity contribution in [3.8, 4) is 0 Å². The number of likely N-dealkylation sites (tertiary alicyclic amines) is 1. The van der Waals surface area contributed by atoms with Gasteiger partial charge in [0.1, 0.15) is 17.2 Å². The molecule has 5 rings (SSSR count).